The van der Waals surface area contributed by atoms with E-state index in [0.29, 0.717) is 6.54 Å². The second-order valence-corrected chi connectivity index (χ2v) is 4.13. The lowest BCUT2D eigenvalue weighted by atomic mass is 10.1. The number of benzene rings is 1. The molecular weight excluding hydrogens is 217 g/mol. The highest BCUT2D eigenvalue weighted by atomic mass is 19.1. The van der Waals surface area contributed by atoms with Crippen molar-refractivity contribution in [1.82, 2.24) is 15.3 Å². The number of aromatic amines is 1. The van der Waals surface area contributed by atoms with Gasteiger partial charge < -0.3 is 10.3 Å². The third kappa shape index (κ3) is 2.91. The van der Waals surface area contributed by atoms with Crippen LogP contribution >= 0.6 is 0 Å². The Balaban J connectivity index is 1.98. The molecular formula is C13H16FN3. The van der Waals surface area contributed by atoms with Gasteiger partial charge in [0.25, 0.3) is 0 Å². The summed E-state index contributed by atoms with van der Waals surface area (Å²) < 4.78 is 13.1. The zero-order valence-electron chi connectivity index (χ0n) is 10.00. The molecule has 0 spiro atoms. The molecule has 1 aromatic heterocycles. The number of H-pyrrole nitrogens is 1. The summed E-state index contributed by atoms with van der Waals surface area (Å²) in [7, 11) is 0. The average Bonchev–Trinajstić information content (AvgIpc) is 2.72. The van der Waals surface area contributed by atoms with E-state index in [1.807, 2.05) is 19.9 Å². The number of nitrogens with zero attached hydrogens (tertiary/aromatic N) is 1. The molecule has 0 saturated carbocycles. The Kier molecular flexibility index (Phi) is 3.54. The SMILES string of the molecule is Cc1[nH]cnc1CN[C@@H](C)c1cccc(F)c1. The number of imidazole rings is 1. The van der Waals surface area contributed by atoms with Crippen LogP contribution in [-0.4, -0.2) is 9.97 Å². The van der Waals surface area contributed by atoms with Gasteiger partial charge >= 0.3 is 0 Å². The number of hydrogen-bond acceptors (Lipinski definition) is 2. The number of halogens is 1. The fraction of sp³-hybridized carbons (Fsp3) is 0.308. The van der Waals surface area contributed by atoms with Crippen LogP contribution in [0.4, 0.5) is 4.39 Å². The smallest absolute Gasteiger partial charge is 0.123 e. The maximum absolute atomic E-state index is 13.1. The monoisotopic (exact) mass is 233 g/mol. The molecule has 0 unspecified atom stereocenters. The lowest BCUT2D eigenvalue weighted by molar-refractivity contribution is 0.559. The average molecular weight is 233 g/mol. The predicted molar refractivity (Wildman–Crippen MR) is 65.0 cm³/mol. The van der Waals surface area contributed by atoms with Gasteiger partial charge in [-0.3, -0.25) is 0 Å². The Hall–Kier alpha value is -1.68. The Morgan fingerprint density at radius 2 is 2.29 bits per heavy atom. The molecule has 0 fully saturated rings. The minimum Gasteiger partial charge on any atom is -0.348 e. The van der Waals surface area contributed by atoms with E-state index in [0.717, 1.165) is 17.0 Å². The lowest BCUT2D eigenvalue weighted by Crippen LogP contribution is -2.18. The van der Waals surface area contributed by atoms with Gasteiger partial charge in [0.2, 0.25) is 0 Å². The van der Waals surface area contributed by atoms with Gasteiger partial charge in [0.1, 0.15) is 5.82 Å². The van der Waals surface area contributed by atoms with E-state index in [2.05, 4.69) is 15.3 Å². The van der Waals surface area contributed by atoms with E-state index in [1.165, 1.54) is 6.07 Å². The standard InChI is InChI=1S/C13H16FN3/c1-9(11-4-3-5-12(14)6-11)15-7-13-10(2)16-8-17-13/h3-6,8-9,15H,7H2,1-2H3,(H,16,17)/t9-/m0/s1. The molecule has 0 aliphatic rings. The van der Waals surface area contributed by atoms with Gasteiger partial charge in [0.15, 0.2) is 0 Å². The first-order valence-electron chi connectivity index (χ1n) is 5.64. The molecule has 90 valence electrons. The molecule has 0 saturated heterocycles. The van der Waals surface area contributed by atoms with Crippen LogP contribution in [-0.2, 0) is 6.54 Å². The van der Waals surface area contributed by atoms with E-state index >= 15 is 0 Å². The first-order chi connectivity index (χ1) is 8.16. The van der Waals surface area contributed by atoms with Crippen LogP contribution < -0.4 is 5.32 Å². The molecule has 1 aromatic carbocycles. The van der Waals surface area contributed by atoms with Crippen LogP contribution in [0, 0.1) is 12.7 Å². The lowest BCUT2D eigenvalue weighted by Gasteiger charge is -2.13. The Morgan fingerprint density at radius 3 is 2.94 bits per heavy atom. The largest absolute Gasteiger partial charge is 0.348 e. The summed E-state index contributed by atoms with van der Waals surface area (Å²) in [6.45, 7) is 4.67. The molecule has 1 heterocycles. The van der Waals surface area contributed by atoms with Gasteiger partial charge in [0.05, 0.1) is 12.0 Å². The first-order valence-corrected chi connectivity index (χ1v) is 5.64. The maximum atomic E-state index is 13.1. The topological polar surface area (TPSA) is 40.7 Å². The van der Waals surface area contributed by atoms with Crippen LogP contribution in [0.2, 0.25) is 0 Å². The van der Waals surface area contributed by atoms with E-state index in [1.54, 1.807) is 18.5 Å². The summed E-state index contributed by atoms with van der Waals surface area (Å²) in [6, 6.07) is 6.74. The molecule has 3 nitrogen and oxygen atoms in total. The normalized spacial score (nSPS) is 12.6. The fourth-order valence-electron chi connectivity index (χ4n) is 1.71. The van der Waals surface area contributed by atoms with Gasteiger partial charge in [0, 0.05) is 18.3 Å². The molecule has 4 heteroatoms. The molecule has 2 aromatic rings. The Morgan fingerprint density at radius 1 is 1.47 bits per heavy atom. The Labute approximate surface area is 100 Å². The van der Waals surface area contributed by atoms with Crippen LogP contribution in [0.5, 0.6) is 0 Å². The third-order valence-electron chi connectivity index (χ3n) is 2.86. The van der Waals surface area contributed by atoms with Gasteiger partial charge in [-0.1, -0.05) is 12.1 Å². The van der Waals surface area contributed by atoms with Crippen molar-refractivity contribution in [3.8, 4) is 0 Å². The minimum absolute atomic E-state index is 0.0989. The third-order valence-corrected chi connectivity index (χ3v) is 2.86. The molecule has 0 aliphatic carbocycles. The molecule has 1 atom stereocenters. The van der Waals surface area contributed by atoms with Crippen molar-refractivity contribution < 1.29 is 4.39 Å². The van der Waals surface area contributed by atoms with Crippen LogP contribution in [0.3, 0.4) is 0 Å². The first kappa shape index (κ1) is 11.8. The van der Waals surface area contributed by atoms with Gasteiger partial charge in [-0.25, -0.2) is 9.37 Å². The minimum atomic E-state index is -0.202. The van der Waals surface area contributed by atoms with E-state index in [-0.39, 0.29) is 11.9 Å². The van der Waals surface area contributed by atoms with E-state index in [9.17, 15) is 4.39 Å². The summed E-state index contributed by atoms with van der Waals surface area (Å²) in [6.07, 6.45) is 1.68. The summed E-state index contributed by atoms with van der Waals surface area (Å²) in [4.78, 5) is 7.24. The highest BCUT2D eigenvalue weighted by molar-refractivity contribution is 5.20. The molecule has 0 bridgehead atoms. The quantitative estimate of drug-likeness (QED) is 0.852. The van der Waals surface area contributed by atoms with Crippen molar-refractivity contribution in [3.05, 3.63) is 53.4 Å². The number of aryl methyl sites for hydroxylation is 1. The number of hydrogen-bond donors (Lipinski definition) is 2. The summed E-state index contributed by atoms with van der Waals surface area (Å²) >= 11 is 0. The molecule has 0 amide bonds. The van der Waals surface area contributed by atoms with Crippen molar-refractivity contribution in [2.45, 2.75) is 26.4 Å². The highest BCUT2D eigenvalue weighted by Crippen LogP contribution is 2.14. The molecule has 2 N–H and O–H groups in total. The number of nitrogens with one attached hydrogen (secondary N) is 2. The van der Waals surface area contributed by atoms with Crippen LogP contribution in [0.1, 0.15) is 29.9 Å². The molecule has 0 radical (unpaired) electrons. The fourth-order valence-corrected chi connectivity index (χ4v) is 1.71. The second kappa shape index (κ2) is 5.10. The zero-order valence-corrected chi connectivity index (χ0v) is 10.00. The van der Waals surface area contributed by atoms with Gasteiger partial charge in [-0.15, -0.1) is 0 Å². The summed E-state index contributed by atoms with van der Waals surface area (Å²) in [5.74, 6) is -0.202. The van der Waals surface area contributed by atoms with Crippen molar-refractivity contribution in [3.63, 3.8) is 0 Å². The van der Waals surface area contributed by atoms with Crippen molar-refractivity contribution >= 4 is 0 Å². The number of aromatic nitrogens is 2. The summed E-state index contributed by atoms with van der Waals surface area (Å²) in [5.41, 5.74) is 3.00. The number of rotatable bonds is 4. The predicted octanol–water partition coefficient (Wildman–Crippen LogP) is 2.71. The van der Waals surface area contributed by atoms with Crippen molar-refractivity contribution in [1.29, 1.82) is 0 Å². The zero-order chi connectivity index (χ0) is 12.3. The summed E-state index contributed by atoms with van der Waals surface area (Å²) in [5, 5.41) is 3.32. The van der Waals surface area contributed by atoms with Gasteiger partial charge in [-0.05, 0) is 31.5 Å². The van der Waals surface area contributed by atoms with Crippen molar-refractivity contribution in [2.24, 2.45) is 0 Å². The van der Waals surface area contributed by atoms with E-state index in [4.69, 9.17) is 0 Å². The molecule has 2 rings (SSSR count). The second-order valence-electron chi connectivity index (χ2n) is 4.13. The molecule has 0 aliphatic heterocycles. The molecule has 17 heavy (non-hydrogen) atoms. The maximum Gasteiger partial charge on any atom is 0.123 e. The van der Waals surface area contributed by atoms with E-state index < -0.39 is 0 Å². The van der Waals surface area contributed by atoms with Crippen molar-refractivity contribution in [2.75, 3.05) is 0 Å². The van der Waals surface area contributed by atoms with Gasteiger partial charge in [-0.2, -0.15) is 0 Å². The Bertz CT molecular complexity index is 493. The highest BCUT2D eigenvalue weighted by Gasteiger charge is 2.07. The van der Waals surface area contributed by atoms with Crippen LogP contribution in [0.25, 0.3) is 0 Å². The van der Waals surface area contributed by atoms with Crippen LogP contribution in [0.15, 0.2) is 30.6 Å².